The molecule has 0 unspecified atom stereocenters. The van der Waals surface area contributed by atoms with Crippen molar-refractivity contribution in [1.82, 2.24) is 10.3 Å². The van der Waals surface area contributed by atoms with Crippen LogP contribution in [0.3, 0.4) is 0 Å². The highest BCUT2D eigenvalue weighted by molar-refractivity contribution is 7.91. The van der Waals surface area contributed by atoms with Crippen molar-refractivity contribution in [3.8, 4) is 0 Å². The van der Waals surface area contributed by atoms with Gasteiger partial charge in [-0.1, -0.05) is 29.8 Å². The molecule has 0 saturated heterocycles. The number of anilines is 1. The molecule has 2 N–H and O–H groups in total. The van der Waals surface area contributed by atoms with Crippen molar-refractivity contribution in [2.45, 2.75) is 24.8 Å². The maximum absolute atomic E-state index is 12.4. The maximum atomic E-state index is 12.4. The van der Waals surface area contributed by atoms with Crippen LogP contribution in [0.15, 0.2) is 77.8 Å². The van der Waals surface area contributed by atoms with Crippen LogP contribution in [0, 0.1) is 6.92 Å². The average Bonchev–Trinajstić information content (AvgIpc) is 2.77. The second kappa shape index (κ2) is 9.99. The summed E-state index contributed by atoms with van der Waals surface area (Å²) in [5.74, 6) is -1.04. The van der Waals surface area contributed by atoms with Crippen molar-refractivity contribution in [3.05, 3.63) is 89.7 Å². The van der Waals surface area contributed by atoms with Crippen LogP contribution >= 0.6 is 0 Å². The van der Waals surface area contributed by atoms with Gasteiger partial charge in [-0.15, -0.1) is 0 Å². The molecule has 31 heavy (non-hydrogen) atoms. The number of carbonyl (C=O) groups excluding carboxylic acids is 2. The molecule has 3 rings (SSSR count). The van der Waals surface area contributed by atoms with Gasteiger partial charge < -0.3 is 10.6 Å². The van der Waals surface area contributed by atoms with Crippen LogP contribution in [0.25, 0.3) is 0 Å². The topological polar surface area (TPSA) is 105 Å². The number of nitrogens with zero attached hydrogens (tertiary/aromatic N) is 1. The fourth-order valence-corrected chi connectivity index (χ4v) is 4.07. The van der Waals surface area contributed by atoms with Crippen LogP contribution in [0.2, 0.25) is 0 Å². The zero-order valence-electron chi connectivity index (χ0n) is 17.0. The molecular weight excluding hydrogens is 414 g/mol. The number of aryl methyl sites for hydroxylation is 1. The molecule has 160 valence electrons. The fourth-order valence-electron chi connectivity index (χ4n) is 2.83. The Morgan fingerprint density at radius 3 is 2.45 bits per heavy atom. The molecule has 0 bridgehead atoms. The number of nitrogens with one attached hydrogen (secondary N) is 2. The smallest absolute Gasteiger partial charge is 0.251 e. The molecule has 7 nitrogen and oxygen atoms in total. The zero-order chi connectivity index (χ0) is 22.3. The number of amides is 2. The van der Waals surface area contributed by atoms with Gasteiger partial charge in [-0.3, -0.25) is 14.6 Å². The van der Waals surface area contributed by atoms with Gasteiger partial charge in [0.15, 0.2) is 9.84 Å². The first-order valence-electron chi connectivity index (χ1n) is 9.71. The molecule has 0 aliphatic carbocycles. The molecule has 0 radical (unpaired) electrons. The van der Waals surface area contributed by atoms with E-state index in [-0.39, 0.29) is 29.5 Å². The molecule has 0 fully saturated rings. The van der Waals surface area contributed by atoms with E-state index < -0.39 is 15.7 Å². The first kappa shape index (κ1) is 22.2. The summed E-state index contributed by atoms with van der Waals surface area (Å²) in [5.41, 5.74) is 2.49. The van der Waals surface area contributed by atoms with E-state index in [1.165, 1.54) is 12.1 Å². The molecule has 8 heteroatoms. The van der Waals surface area contributed by atoms with Crippen LogP contribution in [-0.2, 0) is 21.2 Å². The van der Waals surface area contributed by atoms with Gasteiger partial charge >= 0.3 is 0 Å². The Morgan fingerprint density at radius 1 is 0.968 bits per heavy atom. The van der Waals surface area contributed by atoms with Crippen molar-refractivity contribution < 1.29 is 18.0 Å². The summed E-state index contributed by atoms with van der Waals surface area (Å²) in [5, 5.41) is 5.42. The van der Waals surface area contributed by atoms with E-state index in [1.807, 2.05) is 19.1 Å². The summed E-state index contributed by atoms with van der Waals surface area (Å²) in [6.45, 7) is 2.16. The molecule has 3 aromatic rings. The number of hydrogen-bond acceptors (Lipinski definition) is 5. The van der Waals surface area contributed by atoms with Crippen molar-refractivity contribution >= 4 is 27.3 Å². The van der Waals surface area contributed by atoms with Crippen molar-refractivity contribution in [3.63, 3.8) is 0 Å². The molecule has 0 atom stereocenters. The number of benzene rings is 2. The van der Waals surface area contributed by atoms with Crippen LogP contribution in [-0.4, -0.2) is 31.0 Å². The highest BCUT2D eigenvalue weighted by Gasteiger charge is 2.16. The second-order valence-electron chi connectivity index (χ2n) is 7.01. The van der Waals surface area contributed by atoms with E-state index in [2.05, 4.69) is 15.6 Å². The normalized spacial score (nSPS) is 11.0. The first-order chi connectivity index (χ1) is 14.8. The van der Waals surface area contributed by atoms with Crippen molar-refractivity contribution in [1.29, 1.82) is 0 Å². The lowest BCUT2D eigenvalue weighted by atomic mass is 10.2. The Bertz CT molecular complexity index is 1160. The van der Waals surface area contributed by atoms with E-state index in [0.29, 0.717) is 11.3 Å². The van der Waals surface area contributed by atoms with Gasteiger partial charge in [0.2, 0.25) is 5.91 Å². The van der Waals surface area contributed by atoms with Gasteiger partial charge in [-0.2, -0.15) is 0 Å². The summed E-state index contributed by atoms with van der Waals surface area (Å²) in [4.78, 5) is 29.0. The largest absolute Gasteiger partial charge is 0.346 e. The zero-order valence-corrected chi connectivity index (χ0v) is 17.9. The molecule has 1 aromatic heterocycles. The van der Waals surface area contributed by atoms with Gasteiger partial charge in [0, 0.05) is 23.9 Å². The average molecular weight is 438 g/mol. The number of aromatic nitrogens is 1. The minimum atomic E-state index is -3.55. The van der Waals surface area contributed by atoms with E-state index >= 15 is 0 Å². The van der Waals surface area contributed by atoms with Crippen LogP contribution in [0.4, 0.5) is 5.69 Å². The number of carbonyl (C=O) groups is 2. The summed E-state index contributed by atoms with van der Waals surface area (Å²) < 4.78 is 24.8. The first-order valence-corrected chi connectivity index (χ1v) is 11.4. The standard InChI is InChI=1S/C23H23N3O4S/c1-17-8-10-21(11-9-17)31(29,30)14-12-22(27)26-19-7-4-5-18(15-19)23(28)25-16-20-6-2-3-13-24-20/h2-11,13,15H,12,14,16H2,1H3,(H,25,28)(H,26,27). The van der Waals surface area contributed by atoms with Crippen LogP contribution in [0.5, 0.6) is 0 Å². The van der Waals surface area contributed by atoms with Gasteiger partial charge in [0.25, 0.3) is 5.91 Å². The van der Waals surface area contributed by atoms with Gasteiger partial charge in [-0.25, -0.2) is 8.42 Å². The lowest BCUT2D eigenvalue weighted by Gasteiger charge is -2.09. The monoisotopic (exact) mass is 437 g/mol. The number of hydrogen-bond donors (Lipinski definition) is 2. The Hall–Kier alpha value is -3.52. The third kappa shape index (κ3) is 6.48. The van der Waals surface area contributed by atoms with Crippen molar-refractivity contribution in [2.75, 3.05) is 11.1 Å². The third-order valence-corrected chi connectivity index (χ3v) is 6.27. The number of pyridine rings is 1. The van der Waals surface area contributed by atoms with E-state index in [0.717, 1.165) is 11.3 Å². The highest BCUT2D eigenvalue weighted by Crippen LogP contribution is 2.15. The molecule has 2 aromatic carbocycles. The Labute approximate surface area is 181 Å². The van der Waals surface area contributed by atoms with Gasteiger partial charge in [-0.05, 0) is 49.4 Å². The lowest BCUT2D eigenvalue weighted by molar-refractivity contribution is -0.115. The summed E-state index contributed by atoms with van der Waals surface area (Å²) >= 11 is 0. The molecule has 1 heterocycles. The maximum Gasteiger partial charge on any atom is 0.251 e. The quantitative estimate of drug-likeness (QED) is 0.563. The third-order valence-electron chi connectivity index (χ3n) is 4.54. The Kier molecular flexibility index (Phi) is 7.15. The summed E-state index contributed by atoms with van der Waals surface area (Å²) in [7, 11) is -3.55. The molecule has 0 aliphatic heterocycles. The Morgan fingerprint density at radius 2 is 1.74 bits per heavy atom. The molecule has 0 saturated carbocycles. The summed E-state index contributed by atoms with van der Waals surface area (Å²) in [6.07, 6.45) is 1.46. The van der Waals surface area contributed by atoms with Crippen LogP contribution in [0.1, 0.15) is 28.0 Å². The van der Waals surface area contributed by atoms with Gasteiger partial charge in [0.1, 0.15) is 0 Å². The van der Waals surface area contributed by atoms with E-state index in [9.17, 15) is 18.0 Å². The van der Waals surface area contributed by atoms with Crippen LogP contribution < -0.4 is 10.6 Å². The van der Waals surface area contributed by atoms with Gasteiger partial charge in [0.05, 0.1) is 22.9 Å². The number of sulfone groups is 1. The molecular formula is C23H23N3O4S. The van der Waals surface area contributed by atoms with Crippen molar-refractivity contribution in [2.24, 2.45) is 0 Å². The SMILES string of the molecule is Cc1ccc(S(=O)(=O)CCC(=O)Nc2cccc(C(=O)NCc3ccccn3)c2)cc1. The minimum Gasteiger partial charge on any atom is -0.346 e. The lowest BCUT2D eigenvalue weighted by Crippen LogP contribution is -2.23. The fraction of sp³-hybridized carbons (Fsp3) is 0.174. The Balaban J connectivity index is 1.55. The van der Waals surface area contributed by atoms with E-state index in [4.69, 9.17) is 0 Å². The molecule has 2 amide bonds. The molecule has 0 aliphatic rings. The summed E-state index contributed by atoms with van der Waals surface area (Å²) in [6, 6.07) is 18.4. The highest BCUT2D eigenvalue weighted by atomic mass is 32.2. The van der Waals surface area contributed by atoms with E-state index in [1.54, 1.807) is 48.7 Å². The predicted molar refractivity (Wildman–Crippen MR) is 118 cm³/mol. The second-order valence-corrected chi connectivity index (χ2v) is 9.12. The minimum absolute atomic E-state index is 0.188. The number of rotatable bonds is 8. The molecule has 0 spiro atoms. The predicted octanol–water partition coefficient (Wildman–Crippen LogP) is 3.12.